The molecule has 2 amide bonds. The Balaban J connectivity index is 1.96. The molecule has 0 aromatic heterocycles. The van der Waals surface area contributed by atoms with Gasteiger partial charge in [-0.3, -0.25) is 9.00 Å². The minimum Gasteiger partial charge on any atom is -0.469 e. The fourth-order valence-electron chi connectivity index (χ4n) is 2.85. The van der Waals surface area contributed by atoms with Gasteiger partial charge in [-0.25, -0.2) is 4.79 Å². The molecule has 1 N–H and O–H groups in total. The van der Waals surface area contributed by atoms with Gasteiger partial charge in [0.25, 0.3) is 0 Å². The molecule has 2 rings (SSSR count). The van der Waals surface area contributed by atoms with Crippen LogP contribution in [0.2, 0.25) is 0 Å². The van der Waals surface area contributed by atoms with Crippen LogP contribution >= 0.6 is 0 Å². The summed E-state index contributed by atoms with van der Waals surface area (Å²) in [6, 6.07) is -0.183. The zero-order valence-corrected chi connectivity index (χ0v) is 13.0. The molecular weight excluding hydrogens is 280 g/mol. The summed E-state index contributed by atoms with van der Waals surface area (Å²) < 4.78 is 16.2. The summed E-state index contributed by atoms with van der Waals surface area (Å²) in [5, 5.41) is 2.91. The Labute approximate surface area is 121 Å². The minimum absolute atomic E-state index is 0.0105. The second-order valence-electron chi connectivity index (χ2n) is 5.94. The van der Waals surface area contributed by atoms with E-state index < -0.39 is 16.2 Å². The number of carbonyl (C=O) groups excluding carboxylic acids is 2. The lowest BCUT2D eigenvalue weighted by Crippen LogP contribution is -2.45. The predicted octanol–water partition coefficient (Wildman–Crippen LogP) is 0.348. The number of urea groups is 1. The lowest BCUT2D eigenvalue weighted by molar-refractivity contribution is -0.152. The first-order valence-corrected chi connectivity index (χ1v) is 8.34. The molecule has 2 aliphatic rings. The van der Waals surface area contributed by atoms with Crippen molar-refractivity contribution in [3.8, 4) is 0 Å². The number of hydrogen-bond acceptors (Lipinski definition) is 4. The molecule has 7 heteroatoms. The minimum atomic E-state index is -0.809. The number of amides is 2. The van der Waals surface area contributed by atoms with Crippen LogP contribution in [0, 0.1) is 11.3 Å². The van der Waals surface area contributed by atoms with Gasteiger partial charge < -0.3 is 15.0 Å². The number of carbonyl (C=O) groups is 2. The Bertz CT molecular complexity index is 442. The van der Waals surface area contributed by atoms with Gasteiger partial charge in [-0.1, -0.05) is 6.92 Å². The molecule has 0 saturated carbocycles. The molecule has 114 valence electrons. The molecule has 2 aliphatic heterocycles. The van der Waals surface area contributed by atoms with Gasteiger partial charge in [-0.05, 0) is 19.3 Å². The van der Waals surface area contributed by atoms with Crippen LogP contribution in [0.15, 0.2) is 0 Å². The van der Waals surface area contributed by atoms with Crippen LogP contribution in [-0.4, -0.2) is 58.9 Å². The maximum Gasteiger partial charge on any atom is 0.317 e. The third kappa shape index (κ3) is 2.82. The number of hydrogen-bond donors (Lipinski definition) is 1. The van der Waals surface area contributed by atoms with Crippen LogP contribution in [0.4, 0.5) is 4.79 Å². The summed E-state index contributed by atoms with van der Waals surface area (Å²) >= 11 is 0. The molecule has 2 heterocycles. The van der Waals surface area contributed by atoms with Gasteiger partial charge >= 0.3 is 12.0 Å². The average molecular weight is 302 g/mol. The van der Waals surface area contributed by atoms with Crippen molar-refractivity contribution in [1.29, 1.82) is 0 Å². The Morgan fingerprint density at radius 2 is 2.15 bits per heavy atom. The highest BCUT2D eigenvalue weighted by molar-refractivity contribution is 7.85. The molecular formula is C13H22N2O4S. The van der Waals surface area contributed by atoms with E-state index in [9.17, 15) is 13.8 Å². The van der Waals surface area contributed by atoms with Crippen molar-refractivity contribution in [3.05, 3.63) is 0 Å². The largest absolute Gasteiger partial charge is 0.469 e. The van der Waals surface area contributed by atoms with Crippen LogP contribution in [0.5, 0.6) is 0 Å². The third-order valence-electron chi connectivity index (χ3n) is 4.45. The quantitative estimate of drug-likeness (QED) is 0.747. The number of nitrogens with one attached hydrogen (secondary N) is 1. The first-order valence-electron chi connectivity index (χ1n) is 6.85. The molecule has 0 spiro atoms. The number of nitrogens with zero attached hydrogens (tertiary/aromatic N) is 1. The van der Waals surface area contributed by atoms with Crippen LogP contribution < -0.4 is 5.32 Å². The van der Waals surface area contributed by atoms with Crippen molar-refractivity contribution in [2.45, 2.75) is 26.3 Å². The molecule has 0 aromatic rings. The molecule has 0 unspecified atom stereocenters. The second kappa shape index (κ2) is 5.71. The van der Waals surface area contributed by atoms with Crippen LogP contribution in [0.25, 0.3) is 0 Å². The van der Waals surface area contributed by atoms with E-state index in [4.69, 9.17) is 4.74 Å². The Morgan fingerprint density at radius 1 is 1.45 bits per heavy atom. The fraction of sp³-hybridized carbons (Fsp3) is 0.846. The monoisotopic (exact) mass is 302 g/mol. The number of rotatable bonds is 2. The lowest BCUT2D eigenvalue weighted by atomic mass is 9.81. The topological polar surface area (TPSA) is 75.7 Å². The van der Waals surface area contributed by atoms with Crippen molar-refractivity contribution in [2.75, 3.05) is 31.7 Å². The molecule has 0 aliphatic carbocycles. The van der Waals surface area contributed by atoms with Gasteiger partial charge in [0.15, 0.2) is 0 Å². The van der Waals surface area contributed by atoms with Crippen molar-refractivity contribution < 1.29 is 18.5 Å². The highest BCUT2D eigenvalue weighted by Gasteiger charge is 2.48. The molecule has 0 radical (unpaired) electrons. The van der Waals surface area contributed by atoms with Gasteiger partial charge in [0.1, 0.15) is 0 Å². The first-order chi connectivity index (χ1) is 9.36. The third-order valence-corrected chi connectivity index (χ3v) is 5.91. The highest BCUT2D eigenvalue weighted by Crippen LogP contribution is 2.36. The van der Waals surface area contributed by atoms with Crippen LogP contribution in [0.1, 0.15) is 20.3 Å². The normalized spacial score (nSPS) is 37.0. The Kier molecular flexibility index (Phi) is 4.36. The van der Waals surface area contributed by atoms with Gasteiger partial charge in [0.05, 0.1) is 12.5 Å². The van der Waals surface area contributed by atoms with Crippen LogP contribution in [-0.2, 0) is 20.3 Å². The van der Waals surface area contributed by atoms with Gasteiger partial charge in [0, 0.05) is 41.4 Å². The maximum absolute atomic E-state index is 12.2. The van der Waals surface area contributed by atoms with Crippen molar-refractivity contribution in [1.82, 2.24) is 10.2 Å². The number of esters is 1. The molecule has 2 fully saturated rings. The number of likely N-dealkylation sites (tertiary alicyclic amines) is 1. The summed E-state index contributed by atoms with van der Waals surface area (Å²) in [7, 11) is 0.563. The summed E-state index contributed by atoms with van der Waals surface area (Å²) in [5.41, 5.74) is -0.648. The van der Waals surface area contributed by atoms with E-state index in [1.54, 1.807) is 4.90 Å². The summed E-state index contributed by atoms with van der Waals surface area (Å²) in [5.74, 6) is 0.964. The molecule has 4 atom stereocenters. The van der Waals surface area contributed by atoms with E-state index in [1.165, 1.54) is 7.11 Å². The molecule has 0 aromatic carbocycles. The van der Waals surface area contributed by atoms with E-state index in [0.29, 0.717) is 24.6 Å². The summed E-state index contributed by atoms with van der Waals surface area (Å²) in [4.78, 5) is 25.8. The predicted molar refractivity (Wildman–Crippen MR) is 75.7 cm³/mol. The zero-order chi connectivity index (χ0) is 14.9. The van der Waals surface area contributed by atoms with E-state index in [-0.39, 0.29) is 24.0 Å². The summed E-state index contributed by atoms with van der Waals surface area (Å²) in [6.45, 7) is 4.69. The number of methoxy groups -OCH3 is 1. The number of ether oxygens (including phenoxy) is 1. The zero-order valence-electron chi connectivity index (χ0n) is 12.2. The summed E-state index contributed by atoms with van der Waals surface area (Å²) in [6.07, 6.45) is 0.760. The van der Waals surface area contributed by atoms with E-state index >= 15 is 0 Å². The van der Waals surface area contributed by atoms with Gasteiger partial charge in [-0.2, -0.15) is 0 Å². The highest BCUT2D eigenvalue weighted by atomic mass is 32.2. The van der Waals surface area contributed by atoms with Gasteiger partial charge in [0.2, 0.25) is 0 Å². The molecule has 0 bridgehead atoms. The van der Waals surface area contributed by atoms with E-state index in [1.807, 2.05) is 13.8 Å². The second-order valence-corrected chi connectivity index (χ2v) is 7.56. The van der Waals surface area contributed by atoms with Crippen LogP contribution in [0.3, 0.4) is 0 Å². The smallest absolute Gasteiger partial charge is 0.317 e. The van der Waals surface area contributed by atoms with Crippen molar-refractivity contribution in [3.63, 3.8) is 0 Å². The van der Waals surface area contributed by atoms with Gasteiger partial charge in [-0.15, -0.1) is 0 Å². The Morgan fingerprint density at radius 3 is 2.70 bits per heavy atom. The standard InChI is InChI=1S/C13H22N2O4S/c1-9-6-15(8-13(9,2)11(16)19-3)12(17)14-10-4-5-20(18)7-10/h9-10H,4-8H2,1-3H3,(H,14,17)/t9-,10+,13-,20+/m1/s1. The lowest BCUT2D eigenvalue weighted by Gasteiger charge is -2.25. The maximum atomic E-state index is 12.2. The molecule has 20 heavy (non-hydrogen) atoms. The molecule has 2 saturated heterocycles. The average Bonchev–Trinajstić information content (AvgIpc) is 2.94. The Hall–Kier alpha value is -1.11. The van der Waals surface area contributed by atoms with E-state index in [0.717, 1.165) is 6.42 Å². The van der Waals surface area contributed by atoms with E-state index in [2.05, 4.69) is 5.32 Å². The first kappa shape index (κ1) is 15.3. The fourth-order valence-corrected chi connectivity index (χ4v) is 4.26. The SMILES string of the molecule is COC(=O)[C@]1(C)CN(C(=O)N[C@H]2CC[S@](=O)C2)C[C@H]1C. The van der Waals surface area contributed by atoms with Crippen molar-refractivity contribution >= 4 is 22.8 Å². The van der Waals surface area contributed by atoms with Crippen molar-refractivity contribution in [2.24, 2.45) is 11.3 Å². The molecule has 6 nitrogen and oxygen atoms in total.